The summed E-state index contributed by atoms with van der Waals surface area (Å²) in [6.07, 6.45) is 0. The second kappa shape index (κ2) is 9.09. The minimum atomic E-state index is -0.278. The van der Waals surface area contributed by atoms with E-state index >= 15 is 0 Å². The fourth-order valence-corrected chi connectivity index (χ4v) is 3.43. The molecule has 4 heteroatoms. The number of anilines is 1. The van der Waals surface area contributed by atoms with Crippen LogP contribution in [0, 0.1) is 0 Å². The van der Waals surface area contributed by atoms with Gasteiger partial charge in [-0.3, -0.25) is 9.59 Å². The Labute approximate surface area is 181 Å². The van der Waals surface area contributed by atoms with Crippen molar-refractivity contribution in [1.29, 1.82) is 0 Å². The summed E-state index contributed by atoms with van der Waals surface area (Å²) in [7, 11) is 1.62. The standard InChI is InChI=1S/C27H21NO3/c1-31-21-17-15-19(16-18-21)22-11-5-6-12-23(22)27(30)28-25-14-8-7-13-24(25)26(29)20-9-3-2-4-10-20/h2-18H,1H3,(H,28,30). The number of benzene rings is 4. The number of amides is 1. The molecule has 0 aliphatic carbocycles. The van der Waals surface area contributed by atoms with Crippen LogP contribution in [0.4, 0.5) is 5.69 Å². The summed E-state index contributed by atoms with van der Waals surface area (Å²) in [5.41, 5.74) is 3.72. The second-order valence-corrected chi connectivity index (χ2v) is 6.97. The van der Waals surface area contributed by atoms with E-state index in [-0.39, 0.29) is 11.7 Å². The molecule has 0 radical (unpaired) electrons. The summed E-state index contributed by atoms with van der Waals surface area (Å²) in [5.74, 6) is 0.332. The Morgan fingerprint density at radius 2 is 1.29 bits per heavy atom. The van der Waals surface area contributed by atoms with Gasteiger partial charge in [-0.1, -0.05) is 72.8 Å². The summed E-state index contributed by atoms with van der Waals surface area (Å²) >= 11 is 0. The number of para-hydroxylation sites is 1. The molecule has 0 spiro atoms. The fraction of sp³-hybridized carbons (Fsp3) is 0.0370. The van der Waals surface area contributed by atoms with Crippen molar-refractivity contribution in [2.75, 3.05) is 12.4 Å². The zero-order chi connectivity index (χ0) is 21.6. The van der Waals surface area contributed by atoms with E-state index in [0.717, 1.165) is 16.9 Å². The first-order valence-electron chi connectivity index (χ1n) is 9.91. The molecule has 0 aromatic heterocycles. The van der Waals surface area contributed by atoms with E-state index in [9.17, 15) is 9.59 Å². The lowest BCUT2D eigenvalue weighted by molar-refractivity contribution is 0.102. The van der Waals surface area contributed by atoms with Gasteiger partial charge in [-0.25, -0.2) is 0 Å². The van der Waals surface area contributed by atoms with E-state index in [2.05, 4.69) is 5.32 Å². The third kappa shape index (κ3) is 4.38. The van der Waals surface area contributed by atoms with E-state index in [1.807, 2.05) is 60.7 Å². The Morgan fingerprint density at radius 3 is 2.00 bits per heavy atom. The smallest absolute Gasteiger partial charge is 0.256 e. The van der Waals surface area contributed by atoms with Crippen LogP contribution in [0.5, 0.6) is 5.75 Å². The fourth-order valence-electron chi connectivity index (χ4n) is 3.43. The highest BCUT2D eigenvalue weighted by molar-refractivity contribution is 6.16. The van der Waals surface area contributed by atoms with Gasteiger partial charge in [0, 0.05) is 16.7 Å². The van der Waals surface area contributed by atoms with Crippen molar-refractivity contribution in [3.8, 4) is 16.9 Å². The molecular weight excluding hydrogens is 386 g/mol. The SMILES string of the molecule is COc1ccc(-c2ccccc2C(=O)Nc2ccccc2C(=O)c2ccccc2)cc1. The van der Waals surface area contributed by atoms with Gasteiger partial charge in [0.15, 0.2) is 5.78 Å². The predicted molar refractivity (Wildman–Crippen MR) is 123 cm³/mol. The van der Waals surface area contributed by atoms with Gasteiger partial charge in [-0.05, 0) is 41.5 Å². The summed E-state index contributed by atoms with van der Waals surface area (Å²) in [6, 6.07) is 31.0. The number of carbonyl (C=O) groups is 2. The van der Waals surface area contributed by atoms with E-state index in [4.69, 9.17) is 4.74 Å². The van der Waals surface area contributed by atoms with Crippen LogP contribution in [-0.2, 0) is 0 Å². The lowest BCUT2D eigenvalue weighted by Gasteiger charge is -2.13. The molecule has 4 nitrogen and oxygen atoms in total. The number of carbonyl (C=O) groups excluding carboxylic acids is 2. The molecule has 0 saturated carbocycles. The van der Waals surface area contributed by atoms with Crippen LogP contribution in [0.15, 0.2) is 103 Å². The molecule has 4 aromatic rings. The molecule has 1 N–H and O–H groups in total. The van der Waals surface area contributed by atoms with Gasteiger partial charge < -0.3 is 10.1 Å². The minimum Gasteiger partial charge on any atom is -0.497 e. The van der Waals surface area contributed by atoms with Crippen LogP contribution in [-0.4, -0.2) is 18.8 Å². The van der Waals surface area contributed by atoms with Gasteiger partial charge >= 0.3 is 0 Å². The number of methoxy groups -OCH3 is 1. The average Bonchev–Trinajstić information content (AvgIpc) is 2.84. The highest BCUT2D eigenvalue weighted by atomic mass is 16.5. The molecule has 0 bridgehead atoms. The molecule has 152 valence electrons. The van der Waals surface area contributed by atoms with Gasteiger partial charge in [-0.2, -0.15) is 0 Å². The number of rotatable bonds is 6. The number of nitrogens with one attached hydrogen (secondary N) is 1. The van der Waals surface area contributed by atoms with Gasteiger partial charge in [0.2, 0.25) is 0 Å². The van der Waals surface area contributed by atoms with E-state index in [1.54, 1.807) is 49.6 Å². The topological polar surface area (TPSA) is 55.4 Å². The van der Waals surface area contributed by atoms with Crippen molar-refractivity contribution in [1.82, 2.24) is 0 Å². The third-order valence-electron chi connectivity index (χ3n) is 5.03. The first kappa shape index (κ1) is 20.1. The van der Waals surface area contributed by atoms with Gasteiger partial charge in [0.05, 0.1) is 12.8 Å². The van der Waals surface area contributed by atoms with Crippen LogP contribution in [0.25, 0.3) is 11.1 Å². The Balaban J connectivity index is 1.65. The highest BCUT2D eigenvalue weighted by Crippen LogP contribution is 2.27. The number of hydrogen-bond donors (Lipinski definition) is 1. The van der Waals surface area contributed by atoms with Gasteiger partial charge in [0.25, 0.3) is 5.91 Å². The molecule has 4 rings (SSSR count). The first-order valence-corrected chi connectivity index (χ1v) is 9.91. The zero-order valence-electron chi connectivity index (χ0n) is 17.0. The van der Waals surface area contributed by atoms with E-state index in [0.29, 0.717) is 22.4 Å². The Kier molecular flexibility index (Phi) is 5.90. The Bertz CT molecular complexity index is 1210. The molecule has 0 atom stereocenters. The Hall–Kier alpha value is -4.18. The molecule has 0 heterocycles. The van der Waals surface area contributed by atoms with Crippen LogP contribution in [0.3, 0.4) is 0 Å². The predicted octanol–water partition coefficient (Wildman–Crippen LogP) is 5.85. The van der Waals surface area contributed by atoms with Crippen molar-refractivity contribution < 1.29 is 14.3 Å². The lowest BCUT2D eigenvalue weighted by Crippen LogP contribution is -2.16. The molecule has 0 unspecified atom stereocenters. The Morgan fingerprint density at radius 1 is 0.677 bits per heavy atom. The second-order valence-electron chi connectivity index (χ2n) is 6.97. The molecule has 0 fully saturated rings. The summed E-state index contributed by atoms with van der Waals surface area (Å²) < 4.78 is 5.22. The highest BCUT2D eigenvalue weighted by Gasteiger charge is 2.17. The van der Waals surface area contributed by atoms with Gasteiger partial charge in [-0.15, -0.1) is 0 Å². The zero-order valence-corrected chi connectivity index (χ0v) is 17.0. The maximum atomic E-state index is 13.2. The van der Waals surface area contributed by atoms with Crippen molar-refractivity contribution in [3.05, 3.63) is 120 Å². The molecule has 0 saturated heterocycles. The first-order chi connectivity index (χ1) is 15.2. The largest absolute Gasteiger partial charge is 0.497 e. The number of ketones is 1. The van der Waals surface area contributed by atoms with Crippen molar-refractivity contribution in [2.24, 2.45) is 0 Å². The lowest BCUT2D eigenvalue weighted by atomic mass is 9.98. The molecular formula is C27H21NO3. The normalized spacial score (nSPS) is 10.4. The van der Waals surface area contributed by atoms with Crippen molar-refractivity contribution in [2.45, 2.75) is 0 Å². The van der Waals surface area contributed by atoms with Crippen LogP contribution < -0.4 is 10.1 Å². The minimum absolute atomic E-state index is 0.139. The van der Waals surface area contributed by atoms with E-state index in [1.165, 1.54) is 0 Å². The quantitative estimate of drug-likeness (QED) is 0.408. The third-order valence-corrected chi connectivity index (χ3v) is 5.03. The van der Waals surface area contributed by atoms with Gasteiger partial charge in [0.1, 0.15) is 5.75 Å². The molecule has 31 heavy (non-hydrogen) atoms. The maximum absolute atomic E-state index is 13.2. The summed E-state index contributed by atoms with van der Waals surface area (Å²) in [4.78, 5) is 26.2. The van der Waals surface area contributed by atoms with E-state index < -0.39 is 0 Å². The molecule has 0 aliphatic rings. The monoisotopic (exact) mass is 407 g/mol. The summed E-state index contributed by atoms with van der Waals surface area (Å²) in [6.45, 7) is 0. The average molecular weight is 407 g/mol. The van der Waals surface area contributed by atoms with Crippen molar-refractivity contribution >= 4 is 17.4 Å². The van der Waals surface area contributed by atoms with Crippen LogP contribution in [0.1, 0.15) is 26.3 Å². The van der Waals surface area contributed by atoms with Crippen molar-refractivity contribution in [3.63, 3.8) is 0 Å². The van der Waals surface area contributed by atoms with Crippen LogP contribution in [0.2, 0.25) is 0 Å². The maximum Gasteiger partial charge on any atom is 0.256 e. The van der Waals surface area contributed by atoms with Crippen LogP contribution >= 0.6 is 0 Å². The molecule has 0 aliphatic heterocycles. The molecule has 1 amide bonds. The number of hydrogen-bond acceptors (Lipinski definition) is 3. The molecule has 4 aromatic carbocycles. The number of ether oxygens (including phenoxy) is 1. The summed E-state index contributed by atoms with van der Waals surface area (Å²) in [5, 5.41) is 2.93.